The molecule has 0 fully saturated rings. The lowest BCUT2D eigenvalue weighted by atomic mass is 9.64. The Morgan fingerprint density at radius 2 is 1.55 bits per heavy atom. The van der Waals surface area contributed by atoms with Crippen molar-refractivity contribution in [2.24, 2.45) is 5.92 Å². The fourth-order valence-electron chi connectivity index (χ4n) is 4.28. The van der Waals surface area contributed by atoms with Crippen molar-refractivity contribution in [3.63, 3.8) is 0 Å². The van der Waals surface area contributed by atoms with Gasteiger partial charge in [-0.15, -0.1) is 11.6 Å². The molecule has 0 saturated heterocycles. The SMILES string of the molecule is O=C1C(=O)[C@]2(Cl)C(=CC(c3ccc(Cl)cc3)=C3C=CC(Cl)=C[C@H]32)c2ccccc21. The van der Waals surface area contributed by atoms with Gasteiger partial charge in [-0.1, -0.05) is 71.8 Å². The fraction of sp³-hybridized carbons (Fsp3) is 0.0833. The second kappa shape index (κ2) is 6.56. The second-order valence-corrected chi connectivity index (χ2v) is 8.68. The third-order valence-corrected chi connectivity index (χ3v) is 6.77. The molecule has 142 valence electrons. The number of carbonyl (C=O) groups excluding carboxylic acids is 2. The molecule has 2 nitrogen and oxygen atoms in total. The first kappa shape index (κ1) is 18.6. The number of Topliss-reactive ketones (excluding diaryl/α,β-unsaturated/α-hetero) is 2. The van der Waals surface area contributed by atoms with Crippen LogP contribution in [0.5, 0.6) is 0 Å². The summed E-state index contributed by atoms with van der Waals surface area (Å²) in [6.07, 6.45) is 7.31. The summed E-state index contributed by atoms with van der Waals surface area (Å²) in [4.78, 5) is 24.6. The van der Waals surface area contributed by atoms with Gasteiger partial charge in [-0.25, -0.2) is 0 Å². The van der Waals surface area contributed by atoms with Gasteiger partial charge in [-0.05, 0) is 52.1 Å². The van der Waals surface area contributed by atoms with Crippen LogP contribution in [0.15, 0.2) is 83.4 Å². The van der Waals surface area contributed by atoms with Gasteiger partial charge in [0.15, 0.2) is 0 Å². The van der Waals surface area contributed by atoms with Gasteiger partial charge in [0.25, 0.3) is 0 Å². The molecule has 2 aromatic carbocycles. The van der Waals surface area contributed by atoms with E-state index in [1.807, 2.05) is 48.6 Å². The fourth-order valence-corrected chi connectivity index (χ4v) is 5.02. The number of ketones is 2. The molecule has 0 saturated carbocycles. The smallest absolute Gasteiger partial charge is 0.231 e. The maximum Gasteiger partial charge on any atom is 0.231 e. The molecule has 0 amide bonds. The number of alkyl halides is 1. The van der Waals surface area contributed by atoms with E-state index in [4.69, 9.17) is 34.8 Å². The van der Waals surface area contributed by atoms with Crippen molar-refractivity contribution in [2.75, 3.05) is 0 Å². The summed E-state index contributed by atoms with van der Waals surface area (Å²) in [6, 6.07) is 14.6. The summed E-state index contributed by atoms with van der Waals surface area (Å²) in [5, 5.41) is 1.12. The summed E-state index contributed by atoms with van der Waals surface area (Å²) in [5.41, 5.74) is 4.38. The minimum absolute atomic E-state index is 0.375. The molecule has 2 atom stereocenters. The Hall–Kier alpha value is -2.39. The molecule has 5 rings (SSSR count). The van der Waals surface area contributed by atoms with Gasteiger partial charge in [0.05, 0.1) is 0 Å². The van der Waals surface area contributed by atoms with Crippen LogP contribution >= 0.6 is 34.8 Å². The van der Waals surface area contributed by atoms with Gasteiger partial charge in [-0.3, -0.25) is 9.59 Å². The predicted molar refractivity (Wildman–Crippen MR) is 117 cm³/mol. The lowest BCUT2D eigenvalue weighted by molar-refractivity contribution is -0.116. The molecule has 0 unspecified atom stereocenters. The van der Waals surface area contributed by atoms with Crippen molar-refractivity contribution in [3.05, 3.63) is 105 Å². The summed E-state index contributed by atoms with van der Waals surface area (Å²) < 4.78 is 0. The number of hydrogen-bond acceptors (Lipinski definition) is 2. The highest BCUT2D eigenvalue weighted by Crippen LogP contribution is 2.55. The summed E-state index contributed by atoms with van der Waals surface area (Å²) in [6.45, 7) is 0. The van der Waals surface area contributed by atoms with E-state index in [9.17, 15) is 9.59 Å². The zero-order valence-corrected chi connectivity index (χ0v) is 17.2. The Morgan fingerprint density at radius 1 is 0.862 bits per heavy atom. The molecule has 0 spiro atoms. The van der Waals surface area contributed by atoms with Crippen LogP contribution in [-0.4, -0.2) is 16.4 Å². The normalized spacial score (nSPS) is 25.1. The molecule has 5 heteroatoms. The van der Waals surface area contributed by atoms with Crippen molar-refractivity contribution in [2.45, 2.75) is 4.87 Å². The number of hydrogen-bond donors (Lipinski definition) is 0. The molecular formula is C24H13Cl3O2. The molecule has 29 heavy (non-hydrogen) atoms. The molecule has 0 heterocycles. The second-order valence-electron chi connectivity index (χ2n) is 7.21. The lowest BCUT2D eigenvalue weighted by Gasteiger charge is -2.43. The van der Waals surface area contributed by atoms with Crippen molar-refractivity contribution < 1.29 is 9.59 Å². The van der Waals surface area contributed by atoms with Gasteiger partial charge in [-0.2, -0.15) is 0 Å². The van der Waals surface area contributed by atoms with Crippen LogP contribution in [0.1, 0.15) is 21.5 Å². The highest BCUT2D eigenvalue weighted by molar-refractivity contribution is 6.62. The van der Waals surface area contributed by atoms with Crippen LogP contribution in [-0.2, 0) is 4.79 Å². The number of halogens is 3. The molecule has 2 aromatic rings. The van der Waals surface area contributed by atoms with E-state index >= 15 is 0 Å². The van der Waals surface area contributed by atoms with Crippen molar-refractivity contribution in [1.82, 2.24) is 0 Å². The quantitative estimate of drug-likeness (QED) is 0.389. The van der Waals surface area contributed by atoms with Crippen LogP contribution in [0.4, 0.5) is 0 Å². The van der Waals surface area contributed by atoms with E-state index in [2.05, 4.69) is 0 Å². The van der Waals surface area contributed by atoms with Crippen molar-refractivity contribution in [3.8, 4) is 0 Å². The molecule has 0 aromatic heterocycles. The Labute approximate surface area is 182 Å². The molecule has 3 aliphatic rings. The third kappa shape index (κ3) is 2.63. The number of carbonyl (C=O) groups is 2. The van der Waals surface area contributed by atoms with Crippen LogP contribution < -0.4 is 0 Å². The highest BCUT2D eigenvalue weighted by atomic mass is 35.5. The van der Waals surface area contributed by atoms with Crippen LogP contribution in [0.2, 0.25) is 5.02 Å². The van der Waals surface area contributed by atoms with E-state index in [0.717, 1.165) is 16.7 Å². The van der Waals surface area contributed by atoms with Gasteiger partial charge in [0.1, 0.15) is 4.87 Å². The Balaban J connectivity index is 1.85. The number of allylic oxidation sites excluding steroid dienone is 8. The van der Waals surface area contributed by atoms with Crippen molar-refractivity contribution in [1.29, 1.82) is 0 Å². The molecule has 0 bridgehead atoms. The zero-order valence-electron chi connectivity index (χ0n) is 15.0. The Kier molecular flexibility index (Phi) is 4.22. The number of benzene rings is 2. The predicted octanol–water partition coefficient (Wildman–Crippen LogP) is 6.24. The minimum atomic E-state index is -1.53. The first-order chi connectivity index (χ1) is 13.9. The maximum absolute atomic E-state index is 13.2. The van der Waals surface area contributed by atoms with E-state index < -0.39 is 22.4 Å². The average molecular weight is 440 g/mol. The molecule has 0 N–H and O–H groups in total. The third-order valence-electron chi connectivity index (χ3n) is 5.66. The Bertz CT molecular complexity index is 1210. The summed E-state index contributed by atoms with van der Waals surface area (Å²) >= 11 is 19.4. The standard InChI is InChI=1S/C24H13Cl3O2/c25-14-7-5-13(6-8-14)19-12-21-16-3-1-2-4-18(16)22(28)23(29)24(21,27)20-11-15(26)9-10-17(19)20/h1-12,20H/t20-,24-/m1/s1. The van der Waals surface area contributed by atoms with E-state index in [0.29, 0.717) is 26.8 Å². The van der Waals surface area contributed by atoms with E-state index in [1.54, 1.807) is 24.3 Å². The zero-order chi connectivity index (χ0) is 20.3. The summed E-state index contributed by atoms with van der Waals surface area (Å²) in [7, 11) is 0. The molecular weight excluding hydrogens is 427 g/mol. The van der Waals surface area contributed by atoms with Gasteiger partial charge >= 0.3 is 0 Å². The van der Waals surface area contributed by atoms with Gasteiger partial charge in [0.2, 0.25) is 11.6 Å². The largest absolute Gasteiger partial charge is 0.288 e. The maximum atomic E-state index is 13.2. The Morgan fingerprint density at radius 3 is 2.28 bits per heavy atom. The average Bonchev–Trinajstić information content (AvgIpc) is 2.73. The van der Waals surface area contributed by atoms with E-state index in [1.165, 1.54) is 0 Å². The first-order valence-corrected chi connectivity index (χ1v) is 10.2. The van der Waals surface area contributed by atoms with Crippen molar-refractivity contribution >= 4 is 57.5 Å². The van der Waals surface area contributed by atoms with Crippen LogP contribution in [0.25, 0.3) is 11.1 Å². The topological polar surface area (TPSA) is 34.1 Å². The van der Waals surface area contributed by atoms with Gasteiger partial charge < -0.3 is 0 Å². The molecule has 3 aliphatic carbocycles. The monoisotopic (exact) mass is 438 g/mol. The number of fused-ring (bicyclic) bond motifs is 5. The summed E-state index contributed by atoms with van der Waals surface area (Å²) in [5.74, 6) is -1.75. The van der Waals surface area contributed by atoms with E-state index in [-0.39, 0.29) is 0 Å². The highest BCUT2D eigenvalue weighted by Gasteiger charge is 2.56. The lowest BCUT2D eigenvalue weighted by Crippen LogP contribution is -2.50. The number of rotatable bonds is 1. The molecule has 0 radical (unpaired) electrons. The van der Waals surface area contributed by atoms with Gasteiger partial charge in [0, 0.05) is 21.5 Å². The van der Waals surface area contributed by atoms with Crippen LogP contribution in [0, 0.1) is 5.92 Å². The minimum Gasteiger partial charge on any atom is -0.288 e. The van der Waals surface area contributed by atoms with Crippen LogP contribution in [0.3, 0.4) is 0 Å². The molecule has 0 aliphatic heterocycles. The first-order valence-electron chi connectivity index (χ1n) is 9.06.